The first kappa shape index (κ1) is 20.1. The molecule has 5 rings (SSSR count). The van der Waals surface area contributed by atoms with Crippen molar-refractivity contribution in [1.82, 2.24) is 4.90 Å². The van der Waals surface area contributed by atoms with E-state index in [1.54, 1.807) is 11.3 Å². The second-order valence-electron chi connectivity index (χ2n) is 11.4. The average Bonchev–Trinajstić information content (AvgIpc) is 3.33. The zero-order chi connectivity index (χ0) is 20.3. The summed E-state index contributed by atoms with van der Waals surface area (Å²) >= 11 is 0. The van der Waals surface area contributed by atoms with Gasteiger partial charge in [-0.15, -0.1) is 0 Å². The van der Waals surface area contributed by atoms with E-state index in [0.717, 1.165) is 37.5 Å². The highest BCUT2D eigenvalue weighted by atomic mass is 16.3. The highest BCUT2D eigenvalue weighted by molar-refractivity contribution is 5.37. The van der Waals surface area contributed by atoms with Crippen molar-refractivity contribution < 1.29 is 10.2 Å². The third kappa shape index (κ3) is 2.90. The first-order valence-electron chi connectivity index (χ1n) is 12.4. The first-order valence-corrected chi connectivity index (χ1v) is 12.4. The predicted octanol–water partition coefficient (Wildman–Crippen LogP) is 5.04. The Morgan fingerprint density at radius 1 is 1.07 bits per heavy atom. The molecule has 0 aromatic heterocycles. The summed E-state index contributed by atoms with van der Waals surface area (Å²) < 4.78 is 0. The predicted molar refractivity (Wildman–Crippen MR) is 117 cm³/mol. The van der Waals surface area contributed by atoms with Crippen LogP contribution in [0.25, 0.3) is 0 Å². The SMILES string of the molecule is C[C@]12CCC(N3CCCC3)=CC1=CC[C@@H]1[C@@H]2CC[C@@]2(C)[C@H]1CC[C@@]2(O)CCCO. The van der Waals surface area contributed by atoms with Gasteiger partial charge in [0, 0.05) is 25.4 Å². The summed E-state index contributed by atoms with van der Waals surface area (Å²) in [6, 6.07) is 0. The van der Waals surface area contributed by atoms with Crippen molar-refractivity contribution in [2.24, 2.45) is 28.6 Å². The number of aliphatic hydroxyl groups is 2. The van der Waals surface area contributed by atoms with Crippen LogP contribution in [0.3, 0.4) is 0 Å². The number of hydrogen-bond acceptors (Lipinski definition) is 3. The maximum atomic E-state index is 11.6. The Balaban J connectivity index is 1.41. The van der Waals surface area contributed by atoms with Crippen LogP contribution in [0.1, 0.15) is 84.5 Å². The highest BCUT2D eigenvalue weighted by Crippen LogP contribution is 2.67. The molecule has 1 saturated heterocycles. The Hall–Kier alpha value is -0.800. The molecule has 2 N–H and O–H groups in total. The van der Waals surface area contributed by atoms with Gasteiger partial charge in [-0.3, -0.25) is 0 Å². The largest absolute Gasteiger partial charge is 0.396 e. The minimum absolute atomic E-state index is 0.0380. The van der Waals surface area contributed by atoms with Crippen LogP contribution in [0, 0.1) is 28.6 Å². The van der Waals surface area contributed by atoms with E-state index in [0.29, 0.717) is 11.3 Å². The van der Waals surface area contributed by atoms with Crippen LogP contribution >= 0.6 is 0 Å². The Morgan fingerprint density at radius 3 is 2.59 bits per heavy atom. The van der Waals surface area contributed by atoms with Gasteiger partial charge in [0.15, 0.2) is 0 Å². The van der Waals surface area contributed by atoms with Crippen molar-refractivity contribution >= 4 is 0 Å². The number of fused-ring (bicyclic) bond motifs is 5. The van der Waals surface area contributed by atoms with Crippen molar-refractivity contribution in [3.8, 4) is 0 Å². The topological polar surface area (TPSA) is 43.7 Å². The maximum Gasteiger partial charge on any atom is 0.0704 e. The van der Waals surface area contributed by atoms with Gasteiger partial charge in [0.2, 0.25) is 0 Å². The monoisotopic (exact) mass is 399 g/mol. The number of rotatable bonds is 4. The van der Waals surface area contributed by atoms with Gasteiger partial charge in [-0.2, -0.15) is 0 Å². The van der Waals surface area contributed by atoms with E-state index in [9.17, 15) is 10.2 Å². The zero-order valence-corrected chi connectivity index (χ0v) is 18.6. The van der Waals surface area contributed by atoms with E-state index in [-0.39, 0.29) is 12.0 Å². The van der Waals surface area contributed by atoms with E-state index in [2.05, 4.69) is 30.9 Å². The van der Waals surface area contributed by atoms with E-state index in [1.807, 2.05) is 0 Å². The van der Waals surface area contributed by atoms with Gasteiger partial charge in [-0.25, -0.2) is 0 Å². The van der Waals surface area contributed by atoms with Crippen molar-refractivity contribution in [3.63, 3.8) is 0 Å². The number of nitrogens with zero attached hydrogens (tertiary/aromatic N) is 1. The maximum absolute atomic E-state index is 11.6. The Kier molecular flexibility index (Phi) is 4.94. The van der Waals surface area contributed by atoms with E-state index in [4.69, 9.17) is 0 Å². The molecular weight excluding hydrogens is 358 g/mol. The fourth-order valence-corrected chi connectivity index (χ4v) is 8.46. The second kappa shape index (κ2) is 7.12. The third-order valence-corrected chi connectivity index (χ3v) is 10.3. The van der Waals surface area contributed by atoms with E-state index < -0.39 is 5.60 Å². The summed E-state index contributed by atoms with van der Waals surface area (Å²) in [4.78, 5) is 2.64. The van der Waals surface area contributed by atoms with Crippen LogP contribution < -0.4 is 0 Å². The molecule has 4 aliphatic carbocycles. The van der Waals surface area contributed by atoms with E-state index >= 15 is 0 Å². The third-order valence-electron chi connectivity index (χ3n) is 10.3. The molecule has 29 heavy (non-hydrogen) atoms. The second-order valence-corrected chi connectivity index (χ2v) is 11.4. The normalized spacial score (nSPS) is 46.6. The summed E-state index contributed by atoms with van der Waals surface area (Å²) in [5.74, 6) is 2.15. The Labute approximate surface area is 177 Å². The molecule has 0 aromatic carbocycles. The molecule has 3 fully saturated rings. The molecule has 3 nitrogen and oxygen atoms in total. The summed E-state index contributed by atoms with van der Waals surface area (Å²) in [5, 5.41) is 20.9. The van der Waals surface area contributed by atoms with Gasteiger partial charge in [-0.05, 0) is 111 Å². The summed E-state index contributed by atoms with van der Waals surface area (Å²) in [5.41, 5.74) is 3.04. The fraction of sp³-hybridized carbons (Fsp3) is 0.846. The number of allylic oxidation sites excluding steroid dienone is 4. The van der Waals surface area contributed by atoms with Crippen LogP contribution in [0.15, 0.2) is 23.4 Å². The lowest BCUT2D eigenvalue weighted by atomic mass is 9.47. The Morgan fingerprint density at radius 2 is 1.83 bits per heavy atom. The molecule has 0 radical (unpaired) electrons. The molecule has 0 spiro atoms. The molecule has 0 unspecified atom stereocenters. The first-order chi connectivity index (χ1) is 13.9. The Bertz CT molecular complexity index is 707. The highest BCUT2D eigenvalue weighted by Gasteiger charge is 2.63. The lowest BCUT2D eigenvalue weighted by Gasteiger charge is -2.58. The molecule has 162 valence electrons. The lowest BCUT2D eigenvalue weighted by Crippen LogP contribution is -2.54. The molecule has 0 aromatic rings. The summed E-state index contributed by atoms with van der Waals surface area (Å²) in [6.07, 6.45) is 17.7. The standard InChI is InChI=1S/C26H41NO2/c1-24-12-8-20(27-15-3-4-16-27)18-19(24)6-7-21-22(24)9-13-25(2)23(21)10-14-26(25,29)11-5-17-28/h6,18,21-23,28-29H,3-5,7-17H2,1-2H3/t21-,22+,23+,24+,25+,26+/m1/s1. The molecule has 1 aliphatic heterocycles. The van der Waals surface area contributed by atoms with Gasteiger partial charge in [0.25, 0.3) is 0 Å². The zero-order valence-electron chi connectivity index (χ0n) is 18.6. The molecule has 3 heteroatoms. The van der Waals surface area contributed by atoms with Crippen molar-refractivity contribution in [2.45, 2.75) is 90.1 Å². The quantitative estimate of drug-likeness (QED) is 0.696. The minimum Gasteiger partial charge on any atom is -0.396 e. The van der Waals surface area contributed by atoms with Gasteiger partial charge in [0.05, 0.1) is 5.60 Å². The van der Waals surface area contributed by atoms with Crippen LogP contribution in [0.2, 0.25) is 0 Å². The van der Waals surface area contributed by atoms with Crippen molar-refractivity contribution in [1.29, 1.82) is 0 Å². The molecule has 0 amide bonds. The minimum atomic E-state index is -0.564. The number of aliphatic hydroxyl groups excluding tert-OH is 1. The van der Waals surface area contributed by atoms with Crippen LogP contribution in [0.5, 0.6) is 0 Å². The molecule has 2 saturated carbocycles. The molecule has 6 atom stereocenters. The van der Waals surface area contributed by atoms with Gasteiger partial charge in [0.1, 0.15) is 0 Å². The smallest absolute Gasteiger partial charge is 0.0704 e. The van der Waals surface area contributed by atoms with Gasteiger partial charge in [-0.1, -0.05) is 19.9 Å². The molecule has 5 aliphatic rings. The van der Waals surface area contributed by atoms with Gasteiger partial charge < -0.3 is 15.1 Å². The van der Waals surface area contributed by atoms with Crippen molar-refractivity contribution in [3.05, 3.63) is 23.4 Å². The summed E-state index contributed by atoms with van der Waals surface area (Å²) in [7, 11) is 0. The average molecular weight is 400 g/mol. The number of hydrogen-bond donors (Lipinski definition) is 2. The summed E-state index contributed by atoms with van der Waals surface area (Å²) in [6.45, 7) is 7.66. The van der Waals surface area contributed by atoms with Gasteiger partial charge >= 0.3 is 0 Å². The molecule has 1 heterocycles. The number of likely N-dealkylation sites (tertiary alicyclic amines) is 1. The van der Waals surface area contributed by atoms with Crippen LogP contribution in [-0.4, -0.2) is 40.4 Å². The van der Waals surface area contributed by atoms with E-state index in [1.165, 1.54) is 58.0 Å². The molecular formula is C26H41NO2. The van der Waals surface area contributed by atoms with Crippen LogP contribution in [-0.2, 0) is 0 Å². The molecule has 0 bridgehead atoms. The van der Waals surface area contributed by atoms with Crippen LogP contribution in [0.4, 0.5) is 0 Å². The van der Waals surface area contributed by atoms with Crippen molar-refractivity contribution in [2.75, 3.05) is 19.7 Å². The fourth-order valence-electron chi connectivity index (χ4n) is 8.46. The lowest BCUT2D eigenvalue weighted by molar-refractivity contribution is -0.126.